The molecule has 12 aromatic rings. The number of nitrogens with one attached hydrogen (secondary N) is 7. The van der Waals surface area contributed by atoms with Gasteiger partial charge >= 0.3 is 0 Å². The Balaban J connectivity index is 0.000000148. The summed E-state index contributed by atoms with van der Waals surface area (Å²) in [6.45, 7) is 7.81. The monoisotopic (exact) mass is 1840 g/mol. The lowest BCUT2D eigenvalue weighted by Gasteiger charge is -2.29. The number of benzene rings is 8. The molecule has 8 aromatic carbocycles. The number of anilines is 4. The van der Waals surface area contributed by atoms with Gasteiger partial charge in [0, 0.05) is 180 Å². The van der Waals surface area contributed by atoms with E-state index in [1.807, 2.05) is 60.1 Å². The third-order valence-electron chi connectivity index (χ3n) is 22.2. The number of carbonyl (C=O) groups excluding carboxylic acids is 8. The lowest BCUT2D eigenvalue weighted by Crippen LogP contribution is -2.40. The molecule has 3 fully saturated rings. The van der Waals surface area contributed by atoms with Gasteiger partial charge in [0.1, 0.15) is 23.3 Å². The van der Waals surface area contributed by atoms with Crippen molar-refractivity contribution in [2.24, 2.45) is 33.2 Å². The molecule has 4 aromatic heterocycles. The maximum atomic E-state index is 13.0. The largest absolute Gasteiger partial charge is 0.378 e. The number of hydrogen-bond acceptors (Lipinski definition) is 19. The zero-order valence-corrected chi connectivity index (χ0v) is 76.0. The van der Waals surface area contributed by atoms with E-state index in [2.05, 4.69) is 61.4 Å². The number of ether oxygens (including phenoxy) is 1. The molecule has 7 N–H and O–H groups in total. The number of amides is 4. The van der Waals surface area contributed by atoms with Crippen molar-refractivity contribution in [1.82, 2.24) is 58.7 Å². The first kappa shape index (κ1) is 94.1. The Morgan fingerprint density at radius 3 is 0.877 bits per heavy atom. The number of hydrogen-bond donors (Lipinski definition) is 7. The van der Waals surface area contributed by atoms with Crippen LogP contribution in [0.1, 0.15) is 147 Å². The Bertz CT molecular complexity index is 5700. The first-order chi connectivity index (χ1) is 62.7. The second-order valence-corrected chi connectivity index (χ2v) is 34.0. The van der Waals surface area contributed by atoms with E-state index < -0.39 is 0 Å². The van der Waals surface area contributed by atoms with Gasteiger partial charge in [-0.25, -0.2) is 0 Å². The van der Waals surface area contributed by atoms with Gasteiger partial charge in [0.05, 0.1) is 115 Å². The molecule has 0 aliphatic carbocycles. The molecule has 668 valence electrons. The van der Waals surface area contributed by atoms with Gasteiger partial charge < -0.3 is 45.6 Å². The average Bonchev–Trinajstić information content (AvgIpc) is 1.67. The highest BCUT2D eigenvalue weighted by Gasteiger charge is 2.28. The van der Waals surface area contributed by atoms with Gasteiger partial charge in [0.15, 0.2) is 23.1 Å². The number of aromatic nitrogens is 8. The number of aliphatic imine (C=N–C) groups is 1. The molecule has 8 heterocycles. The van der Waals surface area contributed by atoms with E-state index in [1.165, 1.54) is 35.9 Å². The quantitative estimate of drug-likeness (QED) is 0.0168. The van der Waals surface area contributed by atoms with Crippen LogP contribution < -0.4 is 21.3 Å². The second kappa shape index (κ2) is 44.5. The van der Waals surface area contributed by atoms with E-state index in [9.17, 15) is 38.4 Å². The number of carbonyl (C=O) groups is 8. The van der Waals surface area contributed by atoms with Gasteiger partial charge in [0.25, 0.3) is 23.6 Å². The molecular weight excluding hydrogens is 1750 g/mol. The first-order valence-corrected chi connectivity index (χ1v) is 44.6. The zero-order valence-electron chi connectivity index (χ0n) is 72.1. The summed E-state index contributed by atoms with van der Waals surface area (Å²) >= 11 is 25.5. The molecule has 29 nitrogen and oxygen atoms in total. The molecule has 0 saturated carbocycles. The second-order valence-electron chi connectivity index (χ2n) is 31.0. The topological polar surface area (TPSA) is 362 Å². The summed E-state index contributed by atoms with van der Waals surface area (Å²) in [7, 11) is 8.85. The maximum Gasteiger partial charge on any atom is 0.259 e. The van der Waals surface area contributed by atoms with Gasteiger partial charge in [-0.3, -0.25) is 78.3 Å². The Morgan fingerprint density at radius 1 is 0.338 bits per heavy atom. The standard InChI is InChI=1S/C25H26ClN5O2.C24H24ClN5O3.C24H24ClN5O2S.C23H22ClN5O2/c1-30-22(21(16-28-30)25(33)29-20-11-9-19(26)10-12-20)15-23(32)17-5-7-18(8-6-17)24(27)31-13-3-2-4-14-31;2*1-29-21(20(15-27-29)24(32)28-19-8-6-18(25)7-9-19)14-22(31)16-2-4-17(5-3-16)23(26)30-10-12-33-13-11-30;1-28-12-11-25-22(28)16-5-3-15(4-6-16)21(30)13-20-19(14-26-29(20)2)23(31)27-18-9-7-17(24)8-10-18/h5-12,16,27H,2-4,13-15H2,1H3,(H,29,33);2*2-9,15,26H,10-14H2,1H3,(H,28,32);3-10,14H,11-13H2,1-2H3,(H,27,31). The highest BCUT2D eigenvalue weighted by atomic mass is 35.5. The van der Waals surface area contributed by atoms with E-state index >= 15 is 0 Å². The molecule has 4 aliphatic rings. The number of thioether (sulfide) groups is 1. The zero-order chi connectivity index (χ0) is 92.1. The van der Waals surface area contributed by atoms with Crippen LogP contribution in [0, 0.1) is 16.2 Å². The van der Waals surface area contributed by atoms with Crippen LogP contribution in [0.25, 0.3) is 0 Å². The average molecular weight is 1850 g/mol. The summed E-state index contributed by atoms with van der Waals surface area (Å²) in [5.41, 5.74) is 11.5. The number of aryl methyl sites for hydroxylation is 4. The van der Waals surface area contributed by atoms with Crippen LogP contribution in [0.3, 0.4) is 0 Å². The Morgan fingerprint density at radius 2 is 0.600 bits per heavy atom. The Kier molecular flexibility index (Phi) is 32.2. The fourth-order valence-corrected chi connectivity index (χ4v) is 16.1. The van der Waals surface area contributed by atoms with E-state index in [1.54, 1.807) is 200 Å². The van der Waals surface area contributed by atoms with Crippen molar-refractivity contribution in [3.63, 3.8) is 0 Å². The van der Waals surface area contributed by atoms with Crippen molar-refractivity contribution in [2.75, 3.05) is 105 Å². The molecule has 4 aliphatic heterocycles. The Hall–Kier alpha value is -13.5. The number of amidine groups is 4. The van der Waals surface area contributed by atoms with Gasteiger partial charge in [0.2, 0.25) is 0 Å². The van der Waals surface area contributed by atoms with Gasteiger partial charge in [-0.15, -0.1) is 0 Å². The number of piperidine rings is 1. The number of rotatable bonds is 24. The van der Waals surface area contributed by atoms with Crippen LogP contribution in [-0.2, 0) is 58.6 Å². The van der Waals surface area contributed by atoms with Gasteiger partial charge in [-0.2, -0.15) is 32.2 Å². The molecule has 0 bridgehead atoms. The predicted molar refractivity (Wildman–Crippen MR) is 510 cm³/mol. The van der Waals surface area contributed by atoms with Crippen LogP contribution in [0.2, 0.25) is 20.1 Å². The summed E-state index contributed by atoms with van der Waals surface area (Å²) in [6, 6.07) is 55.9. The van der Waals surface area contributed by atoms with Gasteiger partial charge in [-0.05, 0) is 116 Å². The third-order valence-corrected chi connectivity index (χ3v) is 24.2. The summed E-state index contributed by atoms with van der Waals surface area (Å²) in [4.78, 5) is 116. The number of halogens is 4. The van der Waals surface area contributed by atoms with Gasteiger partial charge in [-0.1, -0.05) is 143 Å². The summed E-state index contributed by atoms with van der Waals surface area (Å²) < 4.78 is 11.5. The minimum absolute atomic E-state index is 0.0279. The molecule has 0 spiro atoms. The van der Waals surface area contributed by atoms with E-state index in [-0.39, 0.29) is 72.4 Å². The number of likely N-dealkylation sites (N-methyl/N-ethyl adjacent to an activating group) is 1. The fourth-order valence-electron chi connectivity index (χ4n) is 14.7. The molecule has 16 rings (SSSR count). The molecule has 130 heavy (non-hydrogen) atoms. The number of Topliss-reactive ketones (excluding diaryl/α,β-unsaturated/α-hetero) is 4. The van der Waals surface area contributed by atoms with E-state index in [0.717, 1.165) is 91.7 Å². The number of morpholine rings is 1. The molecule has 0 atom stereocenters. The minimum atomic E-state index is -0.345. The lowest BCUT2D eigenvalue weighted by molar-refractivity contribution is 0.0680. The highest BCUT2D eigenvalue weighted by molar-refractivity contribution is 7.99. The first-order valence-electron chi connectivity index (χ1n) is 42.0. The number of nitrogens with zero attached hydrogens (tertiary/aromatic N) is 13. The van der Waals surface area contributed by atoms with Crippen LogP contribution >= 0.6 is 58.2 Å². The van der Waals surface area contributed by atoms with Crippen molar-refractivity contribution >= 4 is 151 Å². The molecule has 3 saturated heterocycles. The van der Waals surface area contributed by atoms with Crippen LogP contribution in [-0.4, -0.2) is 213 Å². The summed E-state index contributed by atoms with van der Waals surface area (Å²) in [6.07, 6.45) is 9.49. The Labute approximate surface area is 776 Å². The van der Waals surface area contributed by atoms with Crippen molar-refractivity contribution in [3.05, 3.63) is 329 Å². The van der Waals surface area contributed by atoms with E-state index in [0.29, 0.717) is 154 Å². The molecule has 34 heteroatoms. The minimum Gasteiger partial charge on any atom is -0.378 e. The summed E-state index contributed by atoms with van der Waals surface area (Å²) in [5.74, 6) is 2.60. The van der Waals surface area contributed by atoms with Crippen LogP contribution in [0.4, 0.5) is 22.7 Å². The van der Waals surface area contributed by atoms with Crippen molar-refractivity contribution in [2.45, 2.75) is 44.9 Å². The fraction of sp³-hybridized carbons (Fsp3) is 0.250. The van der Waals surface area contributed by atoms with E-state index in [4.69, 9.17) is 67.4 Å². The smallest absolute Gasteiger partial charge is 0.259 e. The van der Waals surface area contributed by atoms with Crippen LogP contribution in [0.15, 0.2) is 224 Å². The maximum absolute atomic E-state index is 13.0. The van der Waals surface area contributed by atoms with Crippen molar-refractivity contribution in [1.29, 1.82) is 16.2 Å². The third kappa shape index (κ3) is 24.7. The lowest BCUT2D eigenvalue weighted by atomic mass is 10.0. The molecule has 0 unspecified atom stereocenters. The van der Waals surface area contributed by atoms with Crippen molar-refractivity contribution in [3.8, 4) is 0 Å². The number of likely N-dealkylation sites (tertiary alicyclic amines) is 1. The normalized spacial score (nSPS) is 13.5. The number of ketones is 4. The molecular formula is C96H96Cl4N20O9S. The SMILES string of the molecule is CN1CCN=C1c1ccc(C(=O)Cc2c(C(=O)Nc3ccc(Cl)cc3)cnn2C)cc1.Cn1ncc(C(=O)Nc2ccc(Cl)cc2)c1CC(=O)c1ccc(C(=N)N2CCCCC2)cc1.Cn1ncc(C(=O)Nc2ccc(Cl)cc2)c1CC(=O)c1ccc(C(=N)N2CCOCC2)cc1.Cn1ncc(C(=O)Nc2ccc(Cl)cc2)c1CC(=O)c1ccc(C(=N)N2CCSCC2)cc1. The summed E-state index contributed by atoms with van der Waals surface area (Å²) in [5, 5.41) is 55.5. The molecule has 0 radical (unpaired) electrons. The van der Waals surface area contributed by atoms with Crippen LogP contribution in [0.5, 0.6) is 0 Å². The highest BCUT2D eigenvalue weighted by Crippen LogP contribution is 2.27. The molecule has 4 amide bonds. The predicted octanol–water partition coefficient (Wildman–Crippen LogP) is 15.5. The van der Waals surface area contributed by atoms with Crippen molar-refractivity contribution < 1.29 is 43.1 Å².